The lowest BCUT2D eigenvalue weighted by Crippen LogP contribution is -1.87. The normalized spacial score (nSPS) is 16.4. The van der Waals surface area contributed by atoms with Gasteiger partial charge in [-0.15, -0.1) is 0 Å². The van der Waals surface area contributed by atoms with E-state index in [0.717, 1.165) is 11.5 Å². The molecular weight excluding hydrogens is 240 g/mol. The Morgan fingerprint density at radius 3 is 2.67 bits per heavy atom. The van der Waals surface area contributed by atoms with E-state index >= 15 is 0 Å². The lowest BCUT2D eigenvalue weighted by Gasteiger charge is -2.02. The molecular formula is C17H10Cl+. The molecule has 84 valence electrons. The molecule has 0 heterocycles. The van der Waals surface area contributed by atoms with Crippen LogP contribution in [0.1, 0.15) is 11.1 Å². The Balaban J connectivity index is 2.01. The van der Waals surface area contributed by atoms with Crippen LogP contribution in [0.4, 0.5) is 0 Å². The van der Waals surface area contributed by atoms with Crippen LogP contribution in [0.3, 0.4) is 0 Å². The molecule has 0 aliphatic heterocycles. The third kappa shape index (κ3) is 1.31. The maximum absolute atomic E-state index is 6.24. The van der Waals surface area contributed by atoms with Crippen molar-refractivity contribution in [1.29, 1.82) is 0 Å². The van der Waals surface area contributed by atoms with Crippen molar-refractivity contribution < 1.29 is 0 Å². The zero-order valence-corrected chi connectivity index (χ0v) is 10.5. The van der Waals surface area contributed by atoms with Gasteiger partial charge in [0.05, 0.1) is 23.3 Å². The van der Waals surface area contributed by atoms with E-state index in [1.54, 1.807) is 0 Å². The summed E-state index contributed by atoms with van der Waals surface area (Å²) in [5.41, 5.74) is 5.16. The van der Waals surface area contributed by atoms with Crippen molar-refractivity contribution in [3.8, 4) is 0 Å². The molecule has 2 aliphatic carbocycles. The minimum atomic E-state index is 0.757. The smallest absolute Gasteiger partial charge is 0.0616 e. The van der Waals surface area contributed by atoms with Gasteiger partial charge in [-0.25, -0.2) is 0 Å². The number of hydrogen-bond donors (Lipinski definition) is 0. The standard InChI is InChI=1S/C17H10Cl/c18-17-7-3-6-14-15-9-12-5-2-1-4-11(12)8-13(15)10-16(14)17/h1-6,8-9H,10H2/q+1. The Morgan fingerprint density at radius 2 is 1.83 bits per heavy atom. The lowest BCUT2D eigenvalue weighted by molar-refractivity contribution is 1.24. The molecule has 0 nitrogen and oxygen atoms in total. The van der Waals surface area contributed by atoms with E-state index in [-0.39, 0.29) is 0 Å². The summed E-state index contributed by atoms with van der Waals surface area (Å²) in [7, 11) is 0. The molecule has 2 aromatic carbocycles. The van der Waals surface area contributed by atoms with Gasteiger partial charge in [0.1, 0.15) is 6.08 Å². The summed E-state index contributed by atoms with van der Waals surface area (Å²) < 4.78 is 0. The van der Waals surface area contributed by atoms with Crippen LogP contribution < -0.4 is 0 Å². The third-order valence-corrected chi connectivity index (χ3v) is 4.02. The fraction of sp³-hybridized carbons (Fsp3) is 0.0588. The summed E-state index contributed by atoms with van der Waals surface area (Å²) in [6.45, 7) is 0. The van der Waals surface area contributed by atoms with E-state index in [9.17, 15) is 0 Å². The highest BCUT2D eigenvalue weighted by Gasteiger charge is 2.30. The van der Waals surface area contributed by atoms with Gasteiger partial charge in [0.15, 0.2) is 0 Å². The first kappa shape index (κ1) is 10.1. The number of benzene rings is 2. The van der Waals surface area contributed by atoms with Gasteiger partial charge in [0.2, 0.25) is 5.03 Å². The van der Waals surface area contributed by atoms with E-state index in [4.69, 9.17) is 11.6 Å². The first-order valence-corrected chi connectivity index (χ1v) is 6.42. The molecule has 2 aliphatic rings. The minimum absolute atomic E-state index is 0.757. The fourth-order valence-electron chi connectivity index (χ4n) is 2.80. The van der Waals surface area contributed by atoms with Crippen molar-refractivity contribution in [2.75, 3.05) is 0 Å². The SMILES string of the molecule is ClC1=[C+]C=CC2=C1Cc1cc3ccccc3cc12. The Hall–Kier alpha value is -1.88. The summed E-state index contributed by atoms with van der Waals surface area (Å²) in [5.74, 6) is 0. The largest absolute Gasteiger partial charge is 0.208 e. The quantitative estimate of drug-likeness (QED) is 0.597. The minimum Gasteiger partial charge on any atom is -0.0616 e. The second-order valence-corrected chi connectivity index (χ2v) is 5.10. The van der Waals surface area contributed by atoms with Crippen LogP contribution in [0.15, 0.2) is 59.2 Å². The maximum atomic E-state index is 6.24. The van der Waals surface area contributed by atoms with Crippen LogP contribution in [0.5, 0.6) is 0 Å². The van der Waals surface area contributed by atoms with Gasteiger partial charge in [-0.1, -0.05) is 24.3 Å². The van der Waals surface area contributed by atoms with Gasteiger partial charge < -0.3 is 0 Å². The zero-order valence-electron chi connectivity index (χ0n) is 9.70. The highest BCUT2D eigenvalue weighted by atomic mass is 35.5. The van der Waals surface area contributed by atoms with Crippen LogP contribution in [0.2, 0.25) is 0 Å². The van der Waals surface area contributed by atoms with Crippen LogP contribution in [-0.4, -0.2) is 0 Å². The summed E-state index contributed by atoms with van der Waals surface area (Å²) in [6, 6.07) is 13.0. The van der Waals surface area contributed by atoms with Crippen molar-refractivity contribution in [3.63, 3.8) is 0 Å². The van der Waals surface area contributed by atoms with Gasteiger partial charge in [-0.05, 0) is 40.1 Å². The summed E-state index contributed by atoms with van der Waals surface area (Å²) >= 11 is 6.24. The Bertz CT molecular complexity index is 760. The number of hydrogen-bond acceptors (Lipinski definition) is 0. The Morgan fingerprint density at radius 1 is 1.06 bits per heavy atom. The maximum Gasteiger partial charge on any atom is 0.208 e. The molecule has 0 N–H and O–H groups in total. The van der Waals surface area contributed by atoms with E-state index < -0.39 is 0 Å². The number of rotatable bonds is 0. The first-order chi connectivity index (χ1) is 8.83. The fourth-order valence-corrected chi connectivity index (χ4v) is 3.04. The molecule has 0 atom stereocenters. The molecule has 0 bridgehead atoms. The molecule has 0 saturated carbocycles. The summed E-state index contributed by atoms with van der Waals surface area (Å²) in [4.78, 5) is 0. The molecule has 2 aromatic rings. The van der Waals surface area contributed by atoms with Gasteiger partial charge >= 0.3 is 0 Å². The number of halogens is 1. The zero-order chi connectivity index (χ0) is 12.1. The monoisotopic (exact) mass is 249 g/mol. The molecule has 0 saturated heterocycles. The molecule has 1 heteroatoms. The molecule has 0 radical (unpaired) electrons. The van der Waals surface area contributed by atoms with Crippen LogP contribution >= 0.6 is 11.6 Å². The molecule has 0 amide bonds. The van der Waals surface area contributed by atoms with Gasteiger partial charge in [-0.2, -0.15) is 0 Å². The summed E-state index contributed by atoms with van der Waals surface area (Å²) in [5, 5.41) is 3.34. The van der Waals surface area contributed by atoms with Crippen molar-refractivity contribution >= 4 is 27.9 Å². The topological polar surface area (TPSA) is 0 Å². The number of allylic oxidation sites excluding steroid dienone is 6. The average Bonchev–Trinajstić information content (AvgIpc) is 2.76. The second kappa shape index (κ2) is 3.55. The van der Waals surface area contributed by atoms with Crippen molar-refractivity contribution in [1.82, 2.24) is 0 Å². The van der Waals surface area contributed by atoms with Gasteiger partial charge in [-0.3, -0.25) is 0 Å². The molecule has 0 spiro atoms. The molecule has 4 rings (SSSR count). The Kier molecular flexibility index (Phi) is 1.99. The van der Waals surface area contributed by atoms with Crippen LogP contribution in [0.25, 0.3) is 16.3 Å². The highest BCUT2D eigenvalue weighted by molar-refractivity contribution is 6.33. The molecule has 0 aromatic heterocycles. The number of fused-ring (bicyclic) bond motifs is 3. The van der Waals surface area contributed by atoms with E-state index in [1.807, 2.05) is 6.08 Å². The molecule has 0 fully saturated rings. The molecule has 18 heavy (non-hydrogen) atoms. The Labute approximate surface area is 111 Å². The van der Waals surface area contributed by atoms with Crippen LogP contribution in [-0.2, 0) is 6.42 Å². The van der Waals surface area contributed by atoms with E-state index in [0.29, 0.717) is 0 Å². The third-order valence-electron chi connectivity index (χ3n) is 3.68. The molecule has 0 unspecified atom stereocenters. The average molecular weight is 250 g/mol. The highest BCUT2D eigenvalue weighted by Crippen LogP contribution is 2.41. The first-order valence-electron chi connectivity index (χ1n) is 6.04. The summed E-state index contributed by atoms with van der Waals surface area (Å²) in [6.07, 6.45) is 8.02. The second-order valence-electron chi connectivity index (χ2n) is 4.72. The van der Waals surface area contributed by atoms with Crippen molar-refractivity contribution in [3.05, 3.63) is 76.4 Å². The lowest BCUT2D eigenvalue weighted by atomic mass is 9.99. The van der Waals surface area contributed by atoms with Crippen molar-refractivity contribution in [2.24, 2.45) is 0 Å². The van der Waals surface area contributed by atoms with Crippen molar-refractivity contribution in [2.45, 2.75) is 6.42 Å². The van der Waals surface area contributed by atoms with E-state index in [2.05, 4.69) is 48.6 Å². The predicted octanol–water partition coefficient (Wildman–Crippen LogP) is 4.65. The van der Waals surface area contributed by atoms with Crippen LogP contribution in [0, 0.1) is 6.08 Å². The van der Waals surface area contributed by atoms with E-state index in [1.165, 1.54) is 33.0 Å². The predicted molar refractivity (Wildman–Crippen MR) is 76.3 cm³/mol. The van der Waals surface area contributed by atoms with Gasteiger partial charge in [0.25, 0.3) is 0 Å². The van der Waals surface area contributed by atoms with Gasteiger partial charge in [0, 0.05) is 12.0 Å².